The molecule has 1 aromatic heterocycles. The fourth-order valence-corrected chi connectivity index (χ4v) is 1.77. The van der Waals surface area contributed by atoms with Crippen molar-refractivity contribution in [3.8, 4) is 0 Å². The Hall–Kier alpha value is -1.09. The molecule has 1 aliphatic carbocycles. The van der Waals surface area contributed by atoms with Crippen molar-refractivity contribution in [1.82, 2.24) is 9.88 Å². The summed E-state index contributed by atoms with van der Waals surface area (Å²) in [7, 11) is 0. The van der Waals surface area contributed by atoms with Crippen molar-refractivity contribution >= 4 is 5.69 Å². The summed E-state index contributed by atoms with van der Waals surface area (Å²) in [5, 5.41) is 0. The number of hydrogen-bond acceptors (Lipinski definition) is 3. The lowest BCUT2D eigenvalue weighted by molar-refractivity contribution is 0.266. The quantitative estimate of drug-likeness (QED) is 0.798. The first kappa shape index (κ1) is 10.4. The summed E-state index contributed by atoms with van der Waals surface area (Å²) >= 11 is 0. The molecule has 15 heavy (non-hydrogen) atoms. The maximum atomic E-state index is 5.88. The Bertz CT molecular complexity index is 320. The maximum Gasteiger partial charge on any atom is 0.0772 e. The molecule has 1 heterocycles. The van der Waals surface area contributed by atoms with E-state index in [0.717, 1.165) is 30.4 Å². The summed E-state index contributed by atoms with van der Waals surface area (Å²) in [6.45, 7) is 5.36. The Morgan fingerprint density at radius 2 is 2.33 bits per heavy atom. The van der Waals surface area contributed by atoms with Gasteiger partial charge < -0.3 is 5.73 Å². The minimum Gasteiger partial charge on any atom is -0.397 e. The average molecular weight is 205 g/mol. The largest absolute Gasteiger partial charge is 0.397 e. The van der Waals surface area contributed by atoms with Crippen LogP contribution in [0.5, 0.6) is 0 Å². The van der Waals surface area contributed by atoms with Gasteiger partial charge in [-0.15, -0.1) is 0 Å². The first-order valence-electron chi connectivity index (χ1n) is 5.71. The molecule has 3 nitrogen and oxygen atoms in total. The predicted octanol–water partition coefficient (Wildman–Crippen LogP) is 1.90. The van der Waals surface area contributed by atoms with Gasteiger partial charge in [0.1, 0.15) is 0 Å². The lowest BCUT2D eigenvalue weighted by Gasteiger charge is -2.20. The van der Waals surface area contributed by atoms with Crippen molar-refractivity contribution in [1.29, 1.82) is 0 Å². The highest BCUT2D eigenvalue weighted by Gasteiger charge is 2.23. The lowest BCUT2D eigenvalue weighted by Crippen LogP contribution is -2.26. The molecule has 0 unspecified atom stereocenters. The summed E-state index contributed by atoms with van der Waals surface area (Å²) in [5.41, 5.74) is 7.71. The van der Waals surface area contributed by atoms with Crippen molar-refractivity contribution in [3.05, 3.63) is 24.0 Å². The Morgan fingerprint density at radius 3 is 2.93 bits per heavy atom. The van der Waals surface area contributed by atoms with Crippen LogP contribution >= 0.6 is 0 Å². The molecule has 1 aliphatic rings. The van der Waals surface area contributed by atoms with E-state index in [1.165, 1.54) is 19.4 Å². The maximum absolute atomic E-state index is 5.88. The molecule has 0 radical (unpaired) electrons. The monoisotopic (exact) mass is 205 g/mol. The van der Waals surface area contributed by atoms with Gasteiger partial charge in [-0.05, 0) is 37.4 Å². The Morgan fingerprint density at radius 1 is 1.53 bits per heavy atom. The predicted molar refractivity (Wildman–Crippen MR) is 62.3 cm³/mol. The van der Waals surface area contributed by atoms with Crippen LogP contribution in [0.4, 0.5) is 5.69 Å². The number of anilines is 1. The Kier molecular flexibility index (Phi) is 3.21. The number of nitrogens with zero attached hydrogens (tertiary/aromatic N) is 2. The van der Waals surface area contributed by atoms with Crippen molar-refractivity contribution in [2.24, 2.45) is 5.92 Å². The van der Waals surface area contributed by atoms with E-state index in [-0.39, 0.29) is 0 Å². The van der Waals surface area contributed by atoms with Gasteiger partial charge >= 0.3 is 0 Å². The summed E-state index contributed by atoms with van der Waals surface area (Å²) in [6, 6.07) is 3.81. The van der Waals surface area contributed by atoms with E-state index >= 15 is 0 Å². The summed E-state index contributed by atoms with van der Waals surface area (Å²) < 4.78 is 0. The zero-order valence-electron chi connectivity index (χ0n) is 9.32. The van der Waals surface area contributed by atoms with Crippen LogP contribution in [-0.2, 0) is 6.54 Å². The molecule has 0 amide bonds. The minimum atomic E-state index is 0.812. The highest BCUT2D eigenvalue weighted by Crippen LogP contribution is 2.30. The highest BCUT2D eigenvalue weighted by molar-refractivity contribution is 5.41. The number of nitrogen functional groups attached to an aromatic ring is 1. The Labute approximate surface area is 91.3 Å². The van der Waals surface area contributed by atoms with E-state index in [1.54, 1.807) is 0 Å². The molecule has 0 bridgehead atoms. The molecule has 3 heteroatoms. The van der Waals surface area contributed by atoms with Crippen molar-refractivity contribution < 1.29 is 0 Å². The average Bonchev–Trinajstić information content (AvgIpc) is 3.04. The van der Waals surface area contributed by atoms with Gasteiger partial charge in [0.15, 0.2) is 0 Å². The van der Waals surface area contributed by atoms with Gasteiger partial charge in [-0.25, -0.2) is 0 Å². The summed E-state index contributed by atoms with van der Waals surface area (Å²) in [6.07, 6.45) is 4.61. The van der Waals surface area contributed by atoms with Crippen molar-refractivity contribution in [3.63, 3.8) is 0 Å². The molecular formula is C12H19N3. The number of pyridine rings is 1. The van der Waals surface area contributed by atoms with Gasteiger partial charge in [-0.2, -0.15) is 0 Å². The standard InChI is InChI=1S/C12H19N3/c1-2-15(8-10-5-6-10)9-12-11(13)4-3-7-14-12/h3-4,7,10H,2,5-6,8-9,13H2,1H3. The number of hydrogen-bond donors (Lipinski definition) is 1. The van der Waals surface area contributed by atoms with Gasteiger partial charge in [-0.3, -0.25) is 9.88 Å². The molecule has 0 aromatic carbocycles. The third-order valence-corrected chi connectivity index (χ3v) is 2.96. The van der Waals surface area contributed by atoms with E-state index in [2.05, 4.69) is 16.8 Å². The van der Waals surface area contributed by atoms with E-state index < -0.39 is 0 Å². The second kappa shape index (κ2) is 4.62. The second-order valence-electron chi connectivity index (χ2n) is 4.31. The van der Waals surface area contributed by atoms with Gasteiger partial charge in [0.05, 0.1) is 11.4 Å². The lowest BCUT2D eigenvalue weighted by atomic mass is 10.2. The van der Waals surface area contributed by atoms with Crippen molar-refractivity contribution in [2.75, 3.05) is 18.8 Å². The molecule has 1 aromatic rings. The van der Waals surface area contributed by atoms with Crippen LogP contribution in [0.25, 0.3) is 0 Å². The van der Waals surface area contributed by atoms with Crippen LogP contribution in [0.1, 0.15) is 25.5 Å². The molecule has 0 spiro atoms. The molecule has 2 N–H and O–H groups in total. The van der Waals surface area contributed by atoms with Gasteiger partial charge in [-0.1, -0.05) is 6.92 Å². The molecule has 0 saturated heterocycles. The normalized spacial score (nSPS) is 15.9. The van der Waals surface area contributed by atoms with Crippen LogP contribution in [-0.4, -0.2) is 23.0 Å². The van der Waals surface area contributed by atoms with Gasteiger partial charge in [0.25, 0.3) is 0 Å². The zero-order chi connectivity index (χ0) is 10.7. The molecule has 1 saturated carbocycles. The Balaban J connectivity index is 1.95. The molecule has 82 valence electrons. The fourth-order valence-electron chi connectivity index (χ4n) is 1.77. The van der Waals surface area contributed by atoms with E-state index in [4.69, 9.17) is 5.73 Å². The number of aromatic nitrogens is 1. The number of nitrogens with two attached hydrogens (primary N) is 1. The highest BCUT2D eigenvalue weighted by atomic mass is 15.1. The molecule has 2 rings (SSSR count). The minimum absolute atomic E-state index is 0.812. The van der Waals surface area contributed by atoms with Crippen LogP contribution in [0.3, 0.4) is 0 Å². The third kappa shape index (κ3) is 2.93. The van der Waals surface area contributed by atoms with Crippen LogP contribution in [0.2, 0.25) is 0 Å². The first-order chi connectivity index (χ1) is 7.29. The number of rotatable bonds is 5. The van der Waals surface area contributed by atoms with Crippen LogP contribution < -0.4 is 5.73 Å². The topological polar surface area (TPSA) is 42.2 Å². The van der Waals surface area contributed by atoms with E-state index in [1.807, 2.05) is 18.3 Å². The van der Waals surface area contributed by atoms with E-state index in [9.17, 15) is 0 Å². The first-order valence-corrected chi connectivity index (χ1v) is 5.71. The zero-order valence-corrected chi connectivity index (χ0v) is 9.32. The molecule has 0 atom stereocenters. The van der Waals surface area contributed by atoms with Gasteiger partial charge in [0, 0.05) is 19.3 Å². The summed E-state index contributed by atoms with van der Waals surface area (Å²) in [5.74, 6) is 0.926. The van der Waals surface area contributed by atoms with E-state index in [0.29, 0.717) is 0 Å². The second-order valence-corrected chi connectivity index (χ2v) is 4.31. The smallest absolute Gasteiger partial charge is 0.0772 e. The molecule has 0 aliphatic heterocycles. The fraction of sp³-hybridized carbons (Fsp3) is 0.583. The molecular weight excluding hydrogens is 186 g/mol. The SMILES string of the molecule is CCN(Cc1ncccc1N)CC1CC1. The summed E-state index contributed by atoms with van der Waals surface area (Å²) in [4.78, 5) is 6.75. The molecule has 1 fully saturated rings. The van der Waals surface area contributed by atoms with Crippen molar-refractivity contribution in [2.45, 2.75) is 26.3 Å². The van der Waals surface area contributed by atoms with Crippen LogP contribution in [0.15, 0.2) is 18.3 Å². The third-order valence-electron chi connectivity index (χ3n) is 2.96. The van der Waals surface area contributed by atoms with Crippen LogP contribution in [0, 0.1) is 5.92 Å². The van der Waals surface area contributed by atoms with Gasteiger partial charge in [0.2, 0.25) is 0 Å².